The van der Waals surface area contributed by atoms with E-state index in [4.69, 9.17) is 9.47 Å². The second-order valence-corrected chi connectivity index (χ2v) is 6.06. The molecular formula is C21H22N4O4. The van der Waals surface area contributed by atoms with Gasteiger partial charge in [-0.2, -0.15) is 5.10 Å². The molecule has 150 valence electrons. The maximum absolute atomic E-state index is 13.0. The predicted molar refractivity (Wildman–Crippen MR) is 108 cm³/mol. The first kappa shape index (κ1) is 20.1. The third-order valence-corrected chi connectivity index (χ3v) is 3.99. The maximum Gasteiger partial charge on any atom is 0.358 e. The van der Waals surface area contributed by atoms with Crippen LogP contribution in [0.15, 0.2) is 48.7 Å². The van der Waals surface area contributed by atoms with Gasteiger partial charge in [-0.15, -0.1) is 0 Å². The molecule has 0 aliphatic rings. The summed E-state index contributed by atoms with van der Waals surface area (Å²) in [5, 5.41) is 9.60. The fraction of sp³-hybridized carbons (Fsp3) is 0.238. The van der Waals surface area contributed by atoms with Crippen molar-refractivity contribution in [2.45, 2.75) is 20.3 Å². The number of hydrogen-bond donors (Lipinski definition) is 2. The Balaban J connectivity index is 1.98. The van der Waals surface area contributed by atoms with Crippen molar-refractivity contribution in [2.24, 2.45) is 0 Å². The van der Waals surface area contributed by atoms with E-state index in [1.54, 1.807) is 55.6 Å². The molecule has 0 aliphatic heterocycles. The van der Waals surface area contributed by atoms with Crippen LogP contribution in [0.3, 0.4) is 0 Å². The molecule has 1 aromatic carbocycles. The number of ether oxygens (including phenoxy) is 2. The summed E-state index contributed by atoms with van der Waals surface area (Å²) in [6.07, 6.45) is 2.42. The molecule has 0 fully saturated rings. The molecule has 1 amide bonds. The molecule has 8 heteroatoms. The monoisotopic (exact) mass is 394 g/mol. The van der Waals surface area contributed by atoms with E-state index >= 15 is 0 Å². The largest absolute Gasteiger partial charge is 0.493 e. The average Bonchev–Trinajstić information content (AvgIpc) is 3.16. The van der Waals surface area contributed by atoms with E-state index in [0.717, 1.165) is 6.42 Å². The zero-order valence-electron chi connectivity index (χ0n) is 16.3. The van der Waals surface area contributed by atoms with Crippen molar-refractivity contribution in [1.82, 2.24) is 15.2 Å². The summed E-state index contributed by atoms with van der Waals surface area (Å²) in [7, 11) is 0. The van der Waals surface area contributed by atoms with Crippen molar-refractivity contribution in [3.8, 4) is 17.1 Å². The normalized spacial score (nSPS) is 10.4. The van der Waals surface area contributed by atoms with Gasteiger partial charge in [-0.25, -0.2) is 4.79 Å². The Labute approximate surface area is 168 Å². The van der Waals surface area contributed by atoms with Crippen LogP contribution >= 0.6 is 0 Å². The van der Waals surface area contributed by atoms with Gasteiger partial charge in [0.2, 0.25) is 0 Å². The number of hydrogen-bond acceptors (Lipinski definition) is 6. The number of anilines is 1. The zero-order valence-corrected chi connectivity index (χ0v) is 16.3. The number of nitrogens with zero attached hydrogens (tertiary/aromatic N) is 2. The van der Waals surface area contributed by atoms with Gasteiger partial charge in [0.15, 0.2) is 5.69 Å². The van der Waals surface area contributed by atoms with Gasteiger partial charge in [-0.05, 0) is 37.6 Å². The number of para-hydroxylation sites is 1. The second kappa shape index (κ2) is 9.50. The van der Waals surface area contributed by atoms with Crippen LogP contribution in [0, 0.1) is 0 Å². The lowest BCUT2D eigenvalue weighted by molar-refractivity contribution is 0.0520. The fourth-order valence-corrected chi connectivity index (χ4v) is 2.68. The Morgan fingerprint density at radius 2 is 1.90 bits per heavy atom. The molecule has 2 aromatic heterocycles. The van der Waals surface area contributed by atoms with E-state index in [0.29, 0.717) is 29.3 Å². The molecule has 0 saturated carbocycles. The molecule has 3 rings (SSSR count). The zero-order chi connectivity index (χ0) is 20.6. The summed E-state index contributed by atoms with van der Waals surface area (Å²) in [5.41, 5.74) is 1.45. The summed E-state index contributed by atoms with van der Waals surface area (Å²) in [6, 6.07) is 12.2. The van der Waals surface area contributed by atoms with E-state index in [2.05, 4.69) is 20.5 Å². The Morgan fingerprint density at radius 1 is 1.10 bits per heavy atom. The van der Waals surface area contributed by atoms with Crippen molar-refractivity contribution < 1.29 is 19.1 Å². The molecule has 0 atom stereocenters. The van der Waals surface area contributed by atoms with Gasteiger partial charge < -0.3 is 14.8 Å². The van der Waals surface area contributed by atoms with Gasteiger partial charge >= 0.3 is 5.97 Å². The van der Waals surface area contributed by atoms with Crippen molar-refractivity contribution in [3.05, 3.63) is 59.9 Å². The molecule has 8 nitrogen and oxygen atoms in total. The minimum Gasteiger partial charge on any atom is -0.493 e. The van der Waals surface area contributed by atoms with E-state index in [1.165, 1.54) is 0 Å². The first-order chi connectivity index (χ1) is 14.2. The quantitative estimate of drug-likeness (QED) is 0.565. The van der Waals surface area contributed by atoms with Gasteiger partial charge in [0.1, 0.15) is 17.1 Å². The number of carbonyl (C=O) groups is 2. The first-order valence-electron chi connectivity index (χ1n) is 9.35. The smallest absolute Gasteiger partial charge is 0.358 e. The van der Waals surface area contributed by atoms with Crippen molar-refractivity contribution in [1.29, 1.82) is 0 Å². The second-order valence-electron chi connectivity index (χ2n) is 6.06. The average molecular weight is 394 g/mol. The number of aromatic nitrogens is 3. The van der Waals surface area contributed by atoms with E-state index in [1.807, 2.05) is 6.92 Å². The molecular weight excluding hydrogens is 372 g/mol. The highest BCUT2D eigenvalue weighted by Crippen LogP contribution is 2.29. The number of esters is 1. The summed E-state index contributed by atoms with van der Waals surface area (Å²) in [6.45, 7) is 4.37. The lowest BCUT2D eigenvalue weighted by atomic mass is 10.1. The summed E-state index contributed by atoms with van der Waals surface area (Å²) < 4.78 is 10.7. The van der Waals surface area contributed by atoms with Crippen molar-refractivity contribution >= 4 is 17.6 Å². The molecule has 0 saturated heterocycles. The SMILES string of the molecule is CCCOc1ccccc1C(=O)Nc1c(-c2ccccn2)n[nH]c1C(=O)OCC. The Bertz CT molecular complexity index is 985. The third-order valence-electron chi connectivity index (χ3n) is 3.99. The molecule has 0 radical (unpaired) electrons. The van der Waals surface area contributed by atoms with E-state index < -0.39 is 11.9 Å². The lowest BCUT2D eigenvalue weighted by Gasteiger charge is -2.12. The first-order valence-corrected chi connectivity index (χ1v) is 9.35. The topological polar surface area (TPSA) is 106 Å². The van der Waals surface area contributed by atoms with Crippen molar-refractivity contribution in [3.63, 3.8) is 0 Å². The number of nitrogens with one attached hydrogen (secondary N) is 2. The summed E-state index contributed by atoms with van der Waals surface area (Å²) in [5.74, 6) is -0.582. The number of amides is 1. The molecule has 0 spiro atoms. The lowest BCUT2D eigenvalue weighted by Crippen LogP contribution is -2.17. The van der Waals surface area contributed by atoms with Crippen LogP contribution < -0.4 is 10.1 Å². The standard InChI is InChI=1S/C21H22N4O4/c1-3-13-29-16-11-6-5-9-14(16)20(26)23-18-17(15-10-7-8-12-22-15)24-25-19(18)21(27)28-4-2/h5-12H,3-4,13H2,1-2H3,(H,23,26)(H,24,25). The minimum atomic E-state index is -0.618. The number of rotatable bonds is 8. The van der Waals surface area contributed by atoms with Crippen LogP contribution in [0.5, 0.6) is 5.75 Å². The number of carbonyl (C=O) groups excluding carboxylic acids is 2. The van der Waals surface area contributed by atoms with Crippen LogP contribution in [-0.4, -0.2) is 40.3 Å². The van der Waals surface area contributed by atoms with Crippen LogP contribution in [0.2, 0.25) is 0 Å². The van der Waals surface area contributed by atoms with Crippen LogP contribution in [0.25, 0.3) is 11.4 Å². The molecule has 3 aromatic rings. The Kier molecular flexibility index (Phi) is 6.57. The highest BCUT2D eigenvalue weighted by Gasteiger charge is 2.25. The third kappa shape index (κ3) is 4.60. The summed E-state index contributed by atoms with van der Waals surface area (Å²) in [4.78, 5) is 29.6. The minimum absolute atomic E-state index is 0.0489. The fourth-order valence-electron chi connectivity index (χ4n) is 2.68. The highest BCUT2D eigenvalue weighted by atomic mass is 16.5. The molecule has 0 bridgehead atoms. The molecule has 2 heterocycles. The van der Waals surface area contributed by atoms with Gasteiger partial charge in [-0.3, -0.25) is 14.9 Å². The van der Waals surface area contributed by atoms with E-state index in [9.17, 15) is 9.59 Å². The highest BCUT2D eigenvalue weighted by molar-refractivity contribution is 6.11. The van der Waals surface area contributed by atoms with Gasteiger partial charge in [0.05, 0.1) is 24.5 Å². The summed E-state index contributed by atoms with van der Waals surface area (Å²) >= 11 is 0. The molecule has 0 unspecified atom stereocenters. The van der Waals surface area contributed by atoms with Gasteiger partial charge in [0.25, 0.3) is 5.91 Å². The number of benzene rings is 1. The van der Waals surface area contributed by atoms with Gasteiger partial charge in [-0.1, -0.05) is 25.1 Å². The van der Waals surface area contributed by atoms with Crippen LogP contribution in [-0.2, 0) is 4.74 Å². The van der Waals surface area contributed by atoms with Crippen LogP contribution in [0.4, 0.5) is 5.69 Å². The Morgan fingerprint density at radius 3 is 2.62 bits per heavy atom. The number of aromatic amines is 1. The predicted octanol–water partition coefficient (Wildman–Crippen LogP) is 3.69. The van der Waals surface area contributed by atoms with Crippen molar-refractivity contribution in [2.75, 3.05) is 18.5 Å². The van der Waals surface area contributed by atoms with Crippen LogP contribution in [0.1, 0.15) is 41.1 Å². The number of H-pyrrole nitrogens is 1. The molecule has 0 aliphatic carbocycles. The van der Waals surface area contributed by atoms with E-state index in [-0.39, 0.29) is 18.0 Å². The maximum atomic E-state index is 13.0. The Hall–Kier alpha value is -3.68. The molecule has 2 N–H and O–H groups in total. The number of pyridine rings is 1. The van der Waals surface area contributed by atoms with Gasteiger partial charge in [0, 0.05) is 6.20 Å². The molecule has 29 heavy (non-hydrogen) atoms.